The first-order chi connectivity index (χ1) is 10.5. The smallest absolute Gasteiger partial charge is 0.410 e. The molecule has 2 aliphatic rings. The molecule has 0 saturated carbocycles. The van der Waals surface area contributed by atoms with Crippen molar-refractivity contribution in [1.29, 1.82) is 0 Å². The molecular formula is C12H15F2N5O3. The Balaban J connectivity index is 1.67. The van der Waals surface area contributed by atoms with Gasteiger partial charge in [0.15, 0.2) is 5.69 Å². The number of hydrogen-bond acceptors (Lipinski definition) is 4. The van der Waals surface area contributed by atoms with E-state index in [-0.39, 0.29) is 24.4 Å². The Hall–Kier alpha value is -2.39. The monoisotopic (exact) mass is 315 g/mol. The first kappa shape index (κ1) is 14.5. The molecule has 8 nitrogen and oxygen atoms in total. The van der Waals surface area contributed by atoms with E-state index in [1.165, 1.54) is 22.8 Å². The van der Waals surface area contributed by atoms with Crippen molar-refractivity contribution in [1.82, 2.24) is 19.6 Å². The molecule has 3 amide bonds. The minimum absolute atomic E-state index is 0.0105. The highest BCUT2D eigenvalue weighted by Crippen LogP contribution is 2.26. The molecule has 3 heterocycles. The number of anilines is 1. The molecule has 10 heteroatoms. The molecule has 1 unspecified atom stereocenters. The lowest BCUT2D eigenvalue weighted by Crippen LogP contribution is -2.54. The summed E-state index contributed by atoms with van der Waals surface area (Å²) in [4.78, 5) is 26.6. The number of carbonyl (C=O) groups is 2. The predicted molar refractivity (Wildman–Crippen MR) is 70.6 cm³/mol. The van der Waals surface area contributed by atoms with Crippen LogP contribution in [0.4, 0.5) is 24.1 Å². The fourth-order valence-corrected chi connectivity index (χ4v) is 2.63. The minimum atomic E-state index is -2.77. The lowest BCUT2D eigenvalue weighted by molar-refractivity contribution is 0.132. The van der Waals surface area contributed by atoms with Crippen LogP contribution in [-0.2, 0) is 11.8 Å². The number of hydrogen-bond donors (Lipinski definition) is 1. The van der Waals surface area contributed by atoms with E-state index in [9.17, 15) is 18.4 Å². The van der Waals surface area contributed by atoms with Crippen molar-refractivity contribution < 1.29 is 23.1 Å². The van der Waals surface area contributed by atoms with E-state index in [1.807, 2.05) is 0 Å². The third-order valence-corrected chi connectivity index (χ3v) is 3.71. The van der Waals surface area contributed by atoms with Crippen LogP contribution in [-0.4, -0.2) is 64.0 Å². The van der Waals surface area contributed by atoms with E-state index in [2.05, 4.69) is 10.4 Å². The van der Waals surface area contributed by atoms with Gasteiger partial charge in [0.2, 0.25) is 0 Å². The molecule has 0 spiro atoms. The fraction of sp³-hybridized carbons (Fsp3) is 0.583. The molecule has 2 fully saturated rings. The number of alkyl halides is 2. The lowest BCUT2D eigenvalue weighted by Gasteiger charge is -2.35. The summed E-state index contributed by atoms with van der Waals surface area (Å²) in [7, 11) is 1.50. The second kappa shape index (κ2) is 5.43. The second-order valence-corrected chi connectivity index (χ2v) is 5.20. The van der Waals surface area contributed by atoms with Crippen molar-refractivity contribution >= 4 is 17.8 Å². The third-order valence-electron chi connectivity index (χ3n) is 3.71. The van der Waals surface area contributed by atoms with Gasteiger partial charge in [-0.05, 0) is 0 Å². The molecule has 1 N–H and O–H groups in total. The van der Waals surface area contributed by atoms with E-state index in [0.717, 1.165) is 0 Å². The number of nitrogens with one attached hydrogen (secondary N) is 1. The molecule has 0 radical (unpaired) electrons. The number of halogens is 2. The van der Waals surface area contributed by atoms with E-state index in [4.69, 9.17) is 4.74 Å². The molecule has 22 heavy (non-hydrogen) atoms. The van der Waals surface area contributed by atoms with Crippen LogP contribution in [0.25, 0.3) is 0 Å². The Morgan fingerprint density at radius 1 is 1.50 bits per heavy atom. The highest BCUT2D eigenvalue weighted by molar-refractivity contribution is 5.90. The van der Waals surface area contributed by atoms with Gasteiger partial charge >= 0.3 is 12.1 Å². The Bertz CT molecular complexity index is 606. The van der Waals surface area contributed by atoms with Gasteiger partial charge in [0, 0.05) is 32.9 Å². The van der Waals surface area contributed by atoms with Crippen molar-refractivity contribution in [3.8, 4) is 0 Å². The summed E-state index contributed by atoms with van der Waals surface area (Å²) in [6, 6.07) is -0.677. The van der Waals surface area contributed by atoms with Crippen LogP contribution in [0.3, 0.4) is 0 Å². The van der Waals surface area contributed by atoms with Gasteiger partial charge in [-0.15, -0.1) is 0 Å². The average Bonchev–Trinajstić information content (AvgIpc) is 3.02. The van der Waals surface area contributed by atoms with Crippen LogP contribution in [0.1, 0.15) is 12.1 Å². The summed E-state index contributed by atoms with van der Waals surface area (Å²) in [5.41, 5.74) is -0.474. The zero-order valence-corrected chi connectivity index (χ0v) is 11.8. The van der Waals surface area contributed by atoms with Gasteiger partial charge in [0.25, 0.3) is 6.43 Å². The number of fused-ring (bicyclic) bond motifs is 1. The van der Waals surface area contributed by atoms with Gasteiger partial charge in [-0.1, -0.05) is 0 Å². The number of urea groups is 1. The van der Waals surface area contributed by atoms with Gasteiger partial charge in [0.05, 0.1) is 11.7 Å². The Morgan fingerprint density at radius 2 is 2.27 bits per heavy atom. The zero-order valence-electron chi connectivity index (χ0n) is 11.8. The van der Waals surface area contributed by atoms with Crippen molar-refractivity contribution in [3.05, 3.63) is 11.9 Å². The summed E-state index contributed by atoms with van der Waals surface area (Å²) < 4.78 is 31.8. The Kier molecular flexibility index (Phi) is 3.59. The molecule has 1 aromatic heterocycles. The maximum Gasteiger partial charge on any atom is 0.410 e. The third kappa shape index (κ3) is 2.55. The second-order valence-electron chi connectivity index (χ2n) is 5.20. The van der Waals surface area contributed by atoms with Gasteiger partial charge in [0.1, 0.15) is 6.61 Å². The number of nitrogens with zero attached hydrogens (tertiary/aromatic N) is 4. The first-order valence-corrected chi connectivity index (χ1v) is 6.76. The number of rotatable bonds is 2. The van der Waals surface area contributed by atoms with Gasteiger partial charge in [-0.2, -0.15) is 5.10 Å². The molecule has 120 valence electrons. The molecule has 1 atom stereocenters. The van der Waals surface area contributed by atoms with Gasteiger partial charge in [-0.25, -0.2) is 18.4 Å². The first-order valence-electron chi connectivity index (χ1n) is 6.76. The fourth-order valence-electron chi connectivity index (χ4n) is 2.63. The molecule has 2 saturated heterocycles. The van der Waals surface area contributed by atoms with Crippen LogP contribution in [0, 0.1) is 0 Å². The standard InChI is InChI=1S/C12H15F2N5O3/c1-17-5-8(9(16-17)10(13)14)15-11(20)18-2-3-19-7(4-18)6-22-12(19)21/h5,7,10H,2-4,6H2,1H3,(H,15,20). The van der Waals surface area contributed by atoms with Gasteiger partial charge in [-0.3, -0.25) is 9.58 Å². The van der Waals surface area contributed by atoms with Crippen molar-refractivity contribution in [3.63, 3.8) is 0 Å². The van der Waals surface area contributed by atoms with Crippen LogP contribution >= 0.6 is 0 Å². The molecule has 0 aliphatic carbocycles. The van der Waals surface area contributed by atoms with E-state index in [1.54, 1.807) is 4.90 Å². The van der Waals surface area contributed by atoms with Crippen molar-refractivity contribution in [2.75, 3.05) is 31.6 Å². The number of aryl methyl sites for hydroxylation is 1. The summed E-state index contributed by atoms with van der Waals surface area (Å²) in [6.07, 6.45) is -1.82. The average molecular weight is 315 g/mol. The summed E-state index contributed by atoms with van der Waals surface area (Å²) in [5.74, 6) is 0. The number of ether oxygens (including phenoxy) is 1. The normalized spacial score (nSPS) is 21.1. The molecule has 1 aromatic rings. The minimum Gasteiger partial charge on any atom is -0.447 e. The predicted octanol–water partition coefficient (Wildman–Crippen LogP) is 1.03. The molecule has 0 aromatic carbocycles. The van der Waals surface area contributed by atoms with E-state index in [0.29, 0.717) is 19.6 Å². The Morgan fingerprint density at radius 3 is 3.00 bits per heavy atom. The van der Waals surface area contributed by atoms with E-state index < -0.39 is 18.2 Å². The highest BCUT2D eigenvalue weighted by Gasteiger charge is 2.38. The van der Waals surface area contributed by atoms with Crippen LogP contribution in [0.15, 0.2) is 6.20 Å². The zero-order chi connectivity index (χ0) is 15.9. The number of cyclic esters (lactones) is 1. The number of piperazine rings is 1. The van der Waals surface area contributed by atoms with Crippen LogP contribution < -0.4 is 5.32 Å². The topological polar surface area (TPSA) is 79.7 Å². The summed E-state index contributed by atoms with van der Waals surface area (Å²) in [5, 5.41) is 6.08. The highest BCUT2D eigenvalue weighted by atomic mass is 19.3. The van der Waals surface area contributed by atoms with Crippen molar-refractivity contribution in [2.45, 2.75) is 12.5 Å². The number of carbonyl (C=O) groups excluding carboxylic acids is 2. The molecule has 0 bridgehead atoms. The van der Waals surface area contributed by atoms with E-state index >= 15 is 0 Å². The Labute approximate surface area is 124 Å². The summed E-state index contributed by atoms with van der Waals surface area (Å²) >= 11 is 0. The lowest BCUT2D eigenvalue weighted by atomic mass is 10.2. The largest absolute Gasteiger partial charge is 0.447 e. The van der Waals surface area contributed by atoms with Crippen LogP contribution in [0.5, 0.6) is 0 Å². The SMILES string of the molecule is Cn1cc(NC(=O)N2CCN3C(=O)OCC3C2)c(C(F)F)n1. The number of amides is 3. The molecule has 2 aliphatic heterocycles. The van der Waals surface area contributed by atoms with Crippen LogP contribution in [0.2, 0.25) is 0 Å². The molecule has 3 rings (SSSR count). The van der Waals surface area contributed by atoms with Crippen molar-refractivity contribution in [2.24, 2.45) is 7.05 Å². The van der Waals surface area contributed by atoms with Gasteiger partial charge < -0.3 is 15.0 Å². The molecular weight excluding hydrogens is 300 g/mol. The maximum absolute atomic E-state index is 12.9. The quantitative estimate of drug-likeness (QED) is 0.884. The summed E-state index contributed by atoms with van der Waals surface area (Å²) in [6.45, 7) is 1.23. The maximum atomic E-state index is 12.9. The number of aromatic nitrogens is 2.